The van der Waals surface area contributed by atoms with Crippen LogP contribution in [-0.2, 0) is 31.0 Å². The standard InChI is InChI=1S/C31H70O7P2Si3/c1-13-16-17-18-19-20-21-22-23-24-25-26-27-28-29-30-31(36-41(4,5)6,39(32,34-14-2)35-15-3)40(33,37-42(7,8)9)38-43(10,11)12/h22-23H,13-21,24-30H2,1-12H3. The molecule has 0 rings (SSSR count). The minimum atomic E-state index is -4.16. The van der Waals surface area contributed by atoms with Gasteiger partial charge in [0.1, 0.15) is 0 Å². The molecule has 7 nitrogen and oxygen atoms in total. The van der Waals surface area contributed by atoms with E-state index in [1.165, 1.54) is 44.9 Å². The SMILES string of the molecule is CCCCCCCCC=CCCCCCCCC(O[Si](C)(C)C)(P(=O)(OCC)OCC)P(=O)(O[Si](C)(C)C)O[Si](C)(C)C. The fraction of sp³-hybridized carbons (Fsp3) is 0.935. The van der Waals surface area contributed by atoms with Gasteiger partial charge in [0, 0.05) is 0 Å². The van der Waals surface area contributed by atoms with Gasteiger partial charge in [0.15, 0.2) is 25.0 Å². The van der Waals surface area contributed by atoms with Gasteiger partial charge in [0.05, 0.1) is 13.2 Å². The van der Waals surface area contributed by atoms with Crippen LogP contribution in [0.3, 0.4) is 0 Å². The molecular weight excluding hydrogens is 631 g/mol. The maximum absolute atomic E-state index is 15.3. The normalized spacial score (nSPS) is 15.3. The highest BCUT2D eigenvalue weighted by Crippen LogP contribution is 2.81. The third-order valence-corrected chi connectivity index (χ3v) is 19.1. The van der Waals surface area contributed by atoms with E-state index in [1.54, 1.807) is 13.8 Å². The Bertz CT molecular complexity index is 837. The van der Waals surface area contributed by atoms with Crippen molar-refractivity contribution in [1.82, 2.24) is 0 Å². The molecular formula is C31H70O7P2Si3. The summed E-state index contributed by atoms with van der Waals surface area (Å²) < 4.78 is 61.9. The summed E-state index contributed by atoms with van der Waals surface area (Å²) in [6, 6.07) is 0. The van der Waals surface area contributed by atoms with Gasteiger partial charge in [-0.3, -0.25) is 9.13 Å². The van der Waals surface area contributed by atoms with E-state index in [0.29, 0.717) is 6.42 Å². The molecule has 0 heterocycles. The highest BCUT2D eigenvalue weighted by molar-refractivity contribution is 7.75. The summed E-state index contributed by atoms with van der Waals surface area (Å²) in [6.07, 6.45) is 20.1. The Kier molecular flexibility index (Phi) is 21.1. The molecule has 12 heteroatoms. The summed E-state index contributed by atoms with van der Waals surface area (Å²) in [5.74, 6) is 0. The summed E-state index contributed by atoms with van der Waals surface area (Å²) >= 11 is 0. The molecule has 0 aromatic heterocycles. The van der Waals surface area contributed by atoms with E-state index < -0.39 is 45.2 Å². The first-order valence-corrected chi connectivity index (χ1v) is 30.4. The Labute approximate surface area is 270 Å². The van der Waals surface area contributed by atoms with Crippen LogP contribution in [0, 0.1) is 0 Å². The third kappa shape index (κ3) is 18.0. The van der Waals surface area contributed by atoms with Crippen LogP contribution < -0.4 is 0 Å². The van der Waals surface area contributed by atoms with Gasteiger partial charge in [0.2, 0.25) is 0 Å². The van der Waals surface area contributed by atoms with Gasteiger partial charge in [0.25, 0.3) is 5.08 Å². The summed E-state index contributed by atoms with van der Waals surface area (Å²) in [4.78, 5) is 0. The molecule has 1 atom stereocenters. The fourth-order valence-electron chi connectivity index (χ4n) is 4.96. The van der Waals surface area contributed by atoms with Crippen molar-refractivity contribution >= 4 is 40.1 Å². The number of unbranched alkanes of at least 4 members (excludes halogenated alkanes) is 11. The lowest BCUT2D eigenvalue weighted by molar-refractivity contribution is 0.108. The van der Waals surface area contributed by atoms with Crippen LogP contribution in [0.15, 0.2) is 12.2 Å². The van der Waals surface area contributed by atoms with Crippen molar-refractivity contribution in [2.24, 2.45) is 0 Å². The number of hydrogen-bond donors (Lipinski definition) is 0. The second-order valence-electron chi connectivity index (χ2n) is 14.5. The summed E-state index contributed by atoms with van der Waals surface area (Å²) in [6.45, 7) is 24.0. The van der Waals surface area contributed by atoms with E-state index in [1.807, 2.05) is 58.9 Å². The first-order valence-electron chi connectivity index (χ1n) is 17.1. The minimum absolute atomic E-state index is 0.139. The second-order valence-corrected chi connectivity index (χ2v) is 33.2. The average Bonchev–Trinajstić information content (AvgIpc) is 2.82. The molecule has 0 bridgehead atoms. The monoisotopic (exact) mass is 700 g/mol. The van der Waals surface area contributed by atoms with E-state index in [2.05, 4.69) is 19.1 Å². The van der Waals surface area contributed by atoms with Crippen molar-refractivity contribution in [1.29, 1.82) is 0 Å². The maximum atomic E-state index is 15.3. The summed E-state index contributed by atoms with van der Waals surface area (Å²) in [5, 5.41) is -1.81. The minimum Gasteiger partial charge on any atom is -0.393 e. The van der Waals surface area contributed by atoms with Gasteiger partial charge in [-0.15, -0.1) is 0 Å². The first kappa shape index (κ1) is 43.7. The van der Waals surface area contributed by atoms with Crippen molar-refractivity contribution in [3.05, 3.63) is 12.2 Å². The molecule has 0 aromatic rings. The van der Waals surface area contributed by atoms with Crippen LogP contribution in [0.2, 0.25) is 58.9 Å². The molecule has 0 saturated carbocycles. The van der Waals surface area contributed by atoms with Crippen LogP contribution in [0.1, 0.15) is 111 Å². The molecule has 0 amide bonds. The molecule has 0 spiro atoms. The highest BCUT2D eigenvalue weighted by Gasteiger charge is 2.68. The van der Waals surface area contributed by atoms with Gasteiger partial charge < -0.3 is 21.9 Å². The third-order valence-electron chi connectivity index (χ3n) is 6.48. The van der Waals surface area contributed by atoms with Crippen molar-refractivity contribution in [2.75, 3.05) is 13.2 Å². The van der Waals surface area contributed by atoms with Crippen molar-refractivity contribution < 1.29 is 31.0 Å². The molecule has 0 aliphatic carbocycles. The number of rotatable bonds is 27. The second kappa shape index (κ2) is 20.8. The Morgan fingerprint density at radius 2 is 0.930 bits per heavy atom. The predicted octanol–water partition coefficient (Wildman–Crippen LogP) is 12.7. The van der Waals surface area contributed by atoms with Gasteiger partial charge in [-0.25, -0.2) is 0 Å². The van der Waals surface area contributed by atoms with Gasteiger partial charge in [-0.2, -0.15) is 0 Å². The smallest absolute Gasteiger partial charge is 0.373 e. The first-order chi connectivity index (χ1) is 19.8. The van der Waals surface area contributed by atoms with E-state index >= 15 is 4.57 Å². The zero-order valence-corrected chi connectivity index (χ0v) is 35.0. The number of allylic oxidation sites excluding steroid dienone is 2. The predicted molar refractivity (Wildman–Crippen MR) is 194 cm³/mol. The largest absolute Gasteiger partial charge is 0.393 e. The molecule has 43 heavy (non-hydrogen) atoms. The van der Waals surface area contributed by atoms with E-state index in [4.69, 9.17) is 21.9 Å². The lowest BCUT2D eigenvalue weighted by Gasteiger charge is -2.48. The molecule has 0 aliphatic rings. The van der Waals surface area contributed by atoms with Crippen LogP contribution in [0.25, 0.3) is 0 Å². The quantitative estimate of drug-likeness (QED) is 0.0365. The van der Waals surface area contributed by atoms with E-state index in [9.17, 15) is 4.57 Å². The van der Waals surface area contributed by atoms with E-state index in [-0.39, 0.29) is 19.6 Å². The lowest BCUT2D eigenvalue weighted by atomic mass is 10.1. The van der Waals surface area contributed by atoms with Crippen molar-refractivity contribution in [2.45, 2.75) is 175 Å². The fourth-order valence-corrected chi connectivity index (χ4v) is 20.3. The molecule has 0 N–H and O–H groups in total. The molecule has 0 aliphatic heterocycles. The van der Waals surface area contributed by atoms with Crippen LogP contribution >= 0.6 is 15.2 Å². The number of hydrogen-bond acceptors (Lipinski definition) is 7. The van der Waals surface area contributed by atoms with Crippen LogP contribution in [0.5, 0.6) is 0 Å². The molecule has 258 valence electrons. The summed E-state index contributed by atoms with van der Waals surface area (Å²) in [5.41, 5.74) is 0. The molecule has 0 saturated heterocycles. The van der Waals surface area contributed by atoms with Crippen molar-refractivity contribution in [3.8, 4) is 0 Å². The van der Waals surface area contributed by atoms with Gasteiger partial charge in [-0.1, -0.05) is 70.4 Å². The molecule has 1 unspecified atom stereocenters. The molecule has 0 radical (unpaired) electrons. The van der Waals surface area contributed by atoms with Crippen molar-refractivity contribution in [3.63, 3.8) is 0 Å². The Hall–Kier alpha value is 0.651. The Morgan fingerprint density at radius 1 is 0.535 bits per heavy atom. The lowest BCUT2D eigenvalue weighted by Crippen LogP contribution is -2.47. The van der Waals surface area contributed by atoms with E-state index in [0.717, 1.165) is 32.1 Å². The zero-order chi connectivity index (χ0) is 33.3. The molecule has 0 aromatic carbocycles. The van der Waals surface area contributed by atoms with Crippen LogP contribution in [0.4, 0.5) is 0 Å². The van der Waals surface area contributed by atoms with Gasteiger partial charge in [-0.05, 0) is 111 Å². The zero-order valence-electron chi connectivity index (χ0n) is 30.2. The highest BCUT2D eigenvalue weighted by atomic mass is 31.2. The Balaban J connectivity index is 5.80. The molecule has 0 fully saturated rings. The van der Waals surface area contributed by atoms with Gasteiger partial charge >= 0.3 is 15.2 Å². The summed E-state index contributed by atoms with van der Waals surface area (Å²) in [7, 11) is -15.7. The van der Waals surface area contributed by atoms with Crippen LogP contribution in [-0.4, -0.2) is 43.2 Å². The topological polar surface area (TPSA) is 80.3 Å². The Morgan fingerprint density at radius 3 is 1.30 bits per heavy atom. The average molecular weight is 701 g/mol. The maximum Gasteiger partial charge on any atom is 0.373 e.